The van der Waals surface area contributed by atoms with Gasteiger partial charge in [-0.1, -0.05) is 24.6 Å². The number of nitrogens with one attached hydrogen (secondary N) is 1. The van der Waals surface area contributed by atoms with Crippen molar-refractivity contribution in [1.82, 2.24) is 4.90 Å². The highest BCUT2D eigenvalue weighted by molar-refractivity contribution is 6.24. The number of nitrogens with zero attached hydrogens (tertiary/aromatic N) is 2. The molecule has 1 atom stereocenters. The second kappa shape index (κ2) is 7.53. The van der Waals surface area contributed by atoms with Crippen molar-refractivity contribution in [2.24, 2.45) is 16.5 Å². The molecule has 2 aromatic rings. The van der Waals surface area contributed by atoms with Crippen LogP contribution >= 0.6 is 0 Å². The van der Waals surface area contributed by atoms with Crippen LogP contribution in [0.15, 0.2) is 47.5 Å². The lowest BCUT2D eigenvalue weighted by Crippen LogP contribution is -2.35. The van der Waals surface area contributed by atoms with Gasteiger partial charge in [0.1, 0.15) is 5.84 Å². The number of carbonyl (C=O) groups is 2. The Hall–Kier alpha value is -3.03. The van der Waals surface area contributed by atoms with Crippen LogP contribution in [0.3, 0.4) is 0 Å². The SMILES string of the molecule is NCCCC[C@H](N)C(=O)Nc1ccc2c(c1)CN1C(=O)c3ccccc3C1=N2. The molecule has 0 bridgehead atoms. The smallest absolute Gasteiger partial charge is 0.260 e. The van der Waals surface area contributed by atoms with Gasteiger partial charge in [-0.3, -0.25) is 14.5 Å². The highest BCUT2D eigenvalue weighted by Gasteiger charge is 2.36. The van der Waals surface area contributed by atoms with E-state index in [1.54, 1.807) is 4.90 Å². The molecule has 2 aliphatic heterocycles. The van der Waals surface area contributed by atoms with Gasteiger partial charge in [0, 0.05) is 11.3 Å². The summed E-state index contributed by atoms with van der Waals surface area (Å²) in [7, 11) is 0. The molecule has 28 heavy (non-hydrogen) atoms. The summed E-state index contributed by atoms with van der Waals surface area (Å²) in [6.07, 6.45) is 2.28. The second-order valence-corrected chi connectivity index (χ2v) is 7.10. The fourth-order valence-electron chi connectivity index (χ4n) is 3.58. The molecule has 0 aliphatic carbocycles. The van der Waals surface area contributed by atoms with Crippen LogP contribution in [0.2, 0.25) is 0 Å². The molecule has 0 saturated heterocycles. The lowest BCUT2D eigenvalue weighted by Gasteiger charge is -2.24. The van der Waals surface area contributed by atoms with Gasteiger partial charge in [0.25, 0.3) is 5.91 Å². The minimum atomic E-state index is -0.568. The molecule has 0 saturated carbocycles. The lowest BCUT2D eigenvalue weighted by molar-refractivity contribution is -0.117. The van der Waals surface area contributed by atoms with Crippen molar-refractivity contribution < 1.29 is 9.59 Å². The number of anilines is 1. The van der Waals surface area contributed by atoms with E-state index in [0.29, 0.717) is 36.6 Å². The first-order valence-corrected chi connectivity index (χ1v) is 9.48. The Morgan fingerprint density at radius 1 is 1.18 bits per heavy atom. The maximum absolute atomic E-state index is 12.7. The van der Waals surface area contributed by atoms with Crippen LogP contribution < -0.4 is 16.8 Å². The van der Waals surface area contributed by atoms with Gasteiger partial charge in [-0.05, 0) is 49.2 Å². The molecule has 5 N–H and O–H groups in total. The number of amidine groups is 1. The first kappa shape index (κ1) is 18.3. The van der Waals surface area contributed by atoms with Crippen molar-refractivity contribution in [3.8, 4) is 0 Å². The Morgan fingerprint density at radius 3 is 2.75 bits per heavy atom. The minimum Gasteiger partial charge on any atom is -0.330 e. The first-order valence-electron chi connectivity index (χ1n) is 9.48. The molecule has 7 heteroatoms. The Balaban J connectivity index is 1.52. The predicted molar refractivity (Wildman–Crippen MR) is 108 cm³/mol. The molecule has 0 spiro atoms. The molecular formula is C21H23N5O2. The molecule has 2 amide bonds. The lowest BCUT2D eigenvalue weighted by atomic mass is 10.1. The van der Waals surface area contributed by atoms with Gasteiger partial charge in [-0.25, -0.2) is 4.99 Å². The van der Waals surface area contributed by atoms with Crippen LogP contribution in [0.4, 0.5) is 11.4 Å². The quantitative estimate of drug-likeness (QED) is 0.669. The zero-order valence-corrected chi connectivity index (χ0v) is 15.5. The second-order valence-electron chi connectivity index (χ2n) is 7.10. The Morgan fingerprint density at radius 2 is 1.96 bits per heavy atom. The normalized spacial score (nSPS) is 15.4. The first-order chi connectivity index (χ1) is 13.6. The number of benzene rings is 2. The molecule has 2 heterocycles. The van der Waals surface area contributed by atoms with Crippen LogP contribution in [0.1, 0.15) is 40.7 Å². The fraction of sp³-hybridized carbons (Fsp3) is 0.286. The van der Waals surface area contributed by atoms with E-state index in [4.69, 9.17) is 11.5 Å². The number of hydrogen-bond donors (Lipinski definition) is 3. The zero-order valence-electron chi connectivity index (χ0n) is 15.5. The highest BCUT2D eigenvalue weighted by atomic mass is 16.2. The van der Waals surface area contributed by atoms with E-state index in [2.05, 4.69) is 10.3 Å². The fourth-order valence-corrected chi connectivity index (χ4v) is 3.58. The van der Waals surface area contributed by atoms with Crippen molar-refractivity contribution in [2.75, 3.05) is 11.9 Å². The molecule has 2 aromatic carbocycles. The molecule has 0 fully saturated rings. The summed E-state index contributed by atoms with van der Waals surface area (Å²) in [5.74, 6) is 0.421. The van der Waals surface area contributed by atoms with Crippen molar-refractivity contribution in [3.63, 3.8) is 0 Å². The summed E-state index contributed by atoms with van der Waals surface area (Å²) in [6.45, 7) is 1.02. The Labute approximate surface area is 163 Å². The van der Waals surface area contributed by atoms with E-state index >= 15 is 0 Å². The molecule has 7 nitrogen and oxygen atoms in total. The predicted octanol–water partition coefficient (Wildman–Crippen LogP) is 2.13. The monoisotopic (exact) mass is 377 g/mol. The van der Waals surface area contributed by atoms with E-state index < -0.39 is 6.04 Å². The number of hydrogen-bond acceptors (Lipinski definition) is 5. The number of rotatable bonds is 6. The minimum absolute atomic E-state index is 0.0450. The molecule has 4 rings (SSSR count). The maximum atomic E-state index is 12.7. The molecule has 0 radical (unpaired) electrons. The van der Waals surface area contributed by atoms with Gasteiger partial charge in [0.2, 0.25) is 5.91 Å². The summed E-state index contributed by atoms with van der Waals surface area (Å²) in [6, 6.07) is 12.5. The van der Waals surface area contributed by atoms with E-state index in [9.17, 15) is 9.59 Å². The third-order valence-electron chi connectivity index (χ3n) is 5.11. The number of nitrogens with two attached hydrogens (primary N) is 2. The topological polar surface area (TPSA) is 114 Å². The third-order valence-corrected chi connectivity index (χ3v) is 5.11. The number of unbranched alkanes of at least 4 members (excludes halogenated alkanes) is 1. The highest BCUT2D eigenvalue weighted by Crippen LogP contribution is 2.35. The summed E-state index contributed by atoms with van der Waals surface area (Å²) < 4.78 is 0. The zero-order chi connectivity index (χ0) is 19.7. The van der Waals surface area contributed by atoms with Gasteiger partial charge in [0.05, 0.1) is 23.8 Å². The van der Waals surface area contributed by atoms with Crippen LogP contribution in [0.25, 0.3) is 0 Å². The number of aliphatic imine (C=N–C) groups is 1. The molecule has 0 aromatic heterocycles. The van der Waals surface area contributed by atoms with E-state index in [1.807, 2.05) is 42.5 Å². The van der Waals surface area contributed by atoms with Gasteiger partial charge >= 0.3 is 0 Å². The van der Waals surface area contributed by atoms with Gasteiger partial charge < -0.3 is 16.8 Å². The molecule has 0 unspecified atom stereocenters. The van der Waals surface area contributed by atoms with Crippen molar-refractivity contribution >= 4 is 29.0 Å². The van der Waals surface area contributed by atoms with Crippen LogP contribution in [-0.4, -0.2) is 35.1 Å². The maximum Gasteiger partial charge on any atom is 0.260 e. The van der Waals surface area contributed by atoms with E-state index in [1.165, 1.54) is 0 Å². The molecule has 144 valence electrons. The standard InChI is InChI=1S/C21H23N5O2/c22-10-4-3-7-17(23)20(27)24-14-8-9-18-13(11-14)12-26-19(25-18)15-5-1-2-6-16(15)21(26)28/h1-2,5-6,8-9,11,17H,3-4,7,10,12,22-23H2,(H,24,27)/t17-/m0/s1. The van der Waals surface area contributed by atoms with Crippen molar-refractivity contribution in [3.05, 3.63) is 59.2 Å². The number of fused-ring (bicyclic) bond motifs is 4. The Bertz CT molecular complexity index is 969. The van der Waals surface area contributed by atoms with Crippen LogP contribution in [0.5, 0.6) is 0 Å². The van der Waals surface area contributed by atoms with Crippen LogP contribution in [0, 0.1) is 0 Å². The average molecular weight is 377 g/mol. The summed E-state index contributed by atoms with van der Waals surface area (Å²) >= 11 is 0. The van der Waals surface area contributed by atoms with E-state index in [-0.39, 0.29) is 11.8 Å². The largest absolute Gasteiger partial charge is 0.330 e. The van der Waals surface area contributed by atoms with Gasteiger partial charge in [-0.15, -0.1) is 0 Å². The van der Waals surface area contributed by atoms with Gasteiger partial charge in [0.15, 0.2) is 0 Å². The molecule has 2 aliphatic rings. The van der Waals surface area contributed by atoms with Crippen LogP contribution in [-0.2, 0) is 11.3 Å². The van der Waals surface area contributed by atoms with E-state index in [0.717, 1.165) is 29.7 Å². The third kappa shape index (κ3) is 3.30. The summed E-state index contributed by atoms with van der Waals surface area (Å²) in [5.41, 5.74) is 15.3. The molecular weight excluding hydrogens is 354 g/mol. The van der Waals surface area contributed by atoms with Gasteiger partial charge in [-0.2, -0.15) is 0 Å². The number of amides is 2. The summed E-state index contributed by atoms with van der Waals surface area (Å²) in [4.78, 5) is 31.3. The van der Waals surface area contributed by atoms with Crippen molar-refractivity contribution in [1.29, 1.82) is 0 Å². The Kier molecular flexibility index (Phi) is 4.93. The average Bonchev–Trinajstić information content (AvgIpc) is 2.98. The summed E-state index contributed by atoms with van der Waals surface area (Å²) in [5, 5.41) is 2.86. The van der Waals surface area contributed by atoms with Crippen molar-refractivity contribution in [2.45, 2.75) is 31.8 Å². The number of carbonyl (C=O) groups excluding carboxylic acids is 2.